The molecule has 0 atom stereocenters. The van der Waals surface area contributed by atoms with Crippen LogP contribution in [0.1, 0.15) is 16.1 Å². The summed E-state index contributed by atoms with van der Waals surface area (Å²) in [5.41, 5.74) is 0.551. The minimum absolute atomic E-state index is 0.00466. The van der Waals surface area contributed by atoms with Crippen LogP contribution >= 0.6 is 11.6 Å². The Morgan fingerprint density at radius 3 is 2.59 bits per heavy atom. The number of amides is 1. The summed E-state index contributed by atoms with van der Waals surface area (Å²) in [5, 5.41) is 18.4. The third-order valence-electron chi connectivity index (χ3n) is 4.05. The molecule has 1 amide bonds. The monoisotopic (exact) mass is 386 g/mol. The molecular formula is C19H15ClN2O5. The lowest BCUT2D eigenvalue weighted by Crippen LogP contribution is -2.41. The second kappa shape index (κ2) is 8.08. The molecule has 8 heteroatoms. The van der Waals surface area contributed by atoms with Gasteiger partial charge in [0.2, 0.25) is 0 Å². The zero-order chi connectivity index (χ0) is 19.4. The van der Waals surface area contributed by atoms with E-state index in [-0.39, 0.29) is 22.1 Å². The Kier molecular flexibility index (Phi) is 5.60. The molecule has 3 rings (SSSR count). The molecule has 2 heterocycles. The molecule has 138 valence electrons. The summed E-state index contributed by atoms with van der Waals surface area (Å²) in [4.78, 5) is 25.0. The lowest BCUT2D eigenvalue weighted by Gasteiger charge is -2.26. The first-order valence-corrected chi connectivity index (χ1v) is 8.49. The van der Waals surface area contributed by atoms with Gasteiger partial charge in [0.25, 0.3) is 5.91 Å². The second-order valence-electron chi connectivity index (χ2n) is 5.78. The number of carbonyl (C=O) groups is 2. The number of carboxylic acids is 1. The quantitative estimate of drug-likeness (QED) is 0.639. The van der Waals surface area contributed by atoms with Gasteiger partial charge in [0.1, 0.15) is 23.2 Å². The van der Waals surface area contributed by atoms with Crippen molar-refractivity contribution in [1.82, 2.24) is 4.90 Å². The fourth-order valence-corrected chi connectivity index (χ4v) is 2.91. The number of ether oxygens (including phenoxy) is 1. The van der Waals surface area contributed by atoms with Crippen molar-refractivity contribution in [1.29, 1.82) is 5.26 Å². The average molecular weight is 387 g/mol. The molecule has 2 aromatic rings. The van der Waals surface area contributed by atoms with Gasteiger partial charge in [-0.1, -0.05) is 17.7 Å². The predicted octanol–water partition coefficient (Wildman–Crippen LogP) is 3.06. The molecule has 1 aliphatic heterocycles. The van der Waals surface area contributed by atoms with E-state index >= 15 is 0 Å². The number of benzene rings is 1. The molecule has 7 nitrogen and oxygen atoms in total. The van der Waals surface area contributed by atoms with E-state index in [1.54, 1.807) is 23.1 Å². The Morgan fingerprint density at radius 1 is 1.22 bits per heavy atom. The molecule has 0 spiro atoms. The fraction of sp³-hybridized carbons (Fsp3) is 0.211. The Labute approximate surface area is 160 Å². The van der Waals surface area contributed by atoms with E-state index in [0.717, 1.165) is 0 Å². The molecule has 0 bridgehead atoms. The summed E-state index contributed by atoms with van der Waals surface area (Å²) in [6.07, 6.45) is 1.38. The highest BCUT2D eigenvalue weighted by molar-refractivity contribution is 6.33. The Bertz CT molecular complexity index is 951. The number of carboxylic acid groups (broad SMARTS) is 1. The third-order valence-corrected chi connectivity index (χ3v) is 4.36. The minimum Gasteiger partial charge on any atom is -0.478 e. The Hall–Kier alpha value is -3.08. The van der Waals surface area contributed by atoms with Crippen LogP contribution in [-0.4, -0.2) is 48.2 Å². The van der Waals surface area contributed by atoms with Crippen LogP contribution in [-0.2, 0) is 9.53 Å². The van der Waals surface area contributed by atoms with Crippen molar-refractivity contribution < 1.29 is 23.8 Å². The van der Waals surface area contributed by atoms with Crippen LogP contribution in [0, 0.1) is 11.3 Å². The van der Waals surface area contributed by atoms with Crippen molar-refractivity contribution in [3.05, 3.63) is 52.3 Å². The van der Waals surface area contributed by atoms with Gasteiger partial charge in [-0.15, -0.1) is 0 Å². The molecule has 27 heavy (non-hydrogen) atoms. The van der Waals surface area contributed by atoms with Crippen molar-refractivity contribution in [2.75, 3.05) is 26.3 Å². The van der Waals surface area contributed by atoms with Crippen LogP contribution in [0.2, 0.25) is 5.02 Å². The molecular weight excluding hydrogens is 372 g/mol. The van der Waals surface area contributed by atoms with Crippen LogP contribution in [0.25, 0.3) is 17.4 Å². The zero-order valence-electron chi connectivity index (χ0n) is 14.1. The van der Waals surface area contributed by atoms with E-state index in [9.17, 15) is 14.9 Å². The SMILES string of the molecule is N#C/C(=C\c1ccc(-c2ccc(C(=O)O)c(Cl)c2)o1)C(=O)N1CCOCC1. The molecule has 1 fully saturated rings. The Morgan fingerprint density at radius 2 is 1.96 bits per heavy atom. The fourth-order valence-electron chi connectivity index (χ4n) is 2.65. The van der Waals surface area contributed by atoms with Crippen LogP contribution in [0.5, 0.6) is 0 Å². The summed E-state index contributed by atoms with van der Waals surface area (Å²) in [6, 6.07) is 9.64. The zero-order valence-corrected chi connectivity index (χ0v) is 14.9. The molecule has 1 aromatic carbocycles. The number of halogens is 1. The summed E-state index contributed by atoms with van der Waals surface area (Å²) in [7, 11) is 0. The second-order valence-corrected chi connectivity index (χ2v) is 6.18. The molecule has 1 N–H and O–H groups in total. The highest BCUT2D eigenvalue weighted by Crippen LogP contribution is 2.28. The van der Waals surface area contributed by atoms with Gasteiger partial charge in [0.15, 0.2) is 0 Å². The van der Waals surface area contributed by atoms with E-state index in [1.165, 1.54) is 18.2 Å². The van der Waals surface area contributed by atoms with Crippen molar-refractivity contribution >= 4 is 29.6 Å². The lowest BCUT2D eigenvalue weighted by atomic mass is 10.1. The number of rotatable bonds is 4. The maximum absolute atomic E-state index is 12.4. The minimum atomic E-state index is -1.12. The van der Waals surface area contributed by atoms with Crippen molar-refractivity contribution in [2.24, 2.45) is 0 Å². The maximum atomic E-state index is 12.4. The number of aromatic carboxylic acids is 1. The molecule has 0 unspecified atom stereocenters. The highest BCUT2D eigenvalue weighted by atomic mass is 35.5. The van der Waals surface area contributed by atoms with E-state index in [1.807, 2.05) is 6.07 Å². The molecule has 1 aliphatic rings. The van der Waals surface area contributed by atoms with Crippen LogP contribution in [0.3, 0.4) is 0 Å². The largest absolute Gasteiger partial charge is 0.478 e. The smallest absolute Gasteiger partial charge is 0.337 e. The summed E-state index contributed by atoms with van der Waals surface area (Å²) >= 11 is 5.98. The van der Waals surface area contributed by atoms with Gasteiger partial charge in [0.05, 0.1) is 23.8 Å². The normalized spacial score (nSPS) is 14.7. The predicted molar refractivity (Wildman–Crippen MR) is 97.1 cm³/mol. The first-order valence-electron chi connectivity index (χ1n) is 8.11. The number of hydrogen-bond acceptors (Lipinski definition) is 5. The van der Waals surface area contributed by atoms with Crippen molar-refractivity contribution in [3.8, 4) is 17.4 Å². The van der Waals surface area contributed by atoms with Crippen LogP contribution in [0.4, 0.5) is 0 Å². The van der Waals surface area contributed by atoms with Gasteiger partial charge in [-0.25, -0.2) is 4.79 Å². The van der Waals surface area contributed by atoms with Crippen LogP contribution < -0.4 is 0 Å². The van der Waals surface area contributed by atoms with Gasteiger partial charge >= 0.3 is 5.97 Å². The summed E-state index contributed by atoms with van der Waals surface area (Å²) in [5.74, 6) is -0.708. The molecule has 0 saturated carbocycles. The van der Waals surface area contributed by atoms with Crippen molar-refractivity contribution in [3.63, 3.8) is 0 Å². The van der Waals surface area contributed by atoms with Gasteiger partial charge in [-0.2, -0.15) is 5.26 Å². The van der Waals surface area contributed by atoms with E-state index < -0.39 is 5.97 Å². The van der Waals surface area contributed by atoms with E-state index in [0.29, 0.717) is 43.4 Å². The molecule has 0 aliphatic carbocycles. The average Bonchev–Trinajstić information content (AvgIpc) is 3.14. The summed E-state index contributed by atoms with van der Waals surface area (Å²) in [6.45, 7) is 1.77. The standard InChI is InChI=1S/C19H15ClN2O5/c20-16-10-12(1-3-15(16)19(24)25)17-4-2-14(27-17)9-13(11-21)18(23)22-5-7-26-8-6-22/h1-4,9-10H,5-8H2,(H,24,25)/b13-9+. The first kappa shape index (κ1) is 18.7. The molecule has 1 aromatic heterocycles. The lowest BCUT2D eigenvalue weighted by molar-refractivity contribution is -0.130. The number of morpholine rings is 1. The maximum Gasteiger partial charge on any atom is 0.337 e. The number of nitriles is 1. The van der Waals surface area contributed by atoms with Gasteiger partial charge in [0, 0.05) is 24.7 Å². The third kappa shape index (κ3) is 4.19. The van der Waals surface area contributed by atoms with Gasteiger partial charge < -0.3 is 19.2 Å². The Balaban J connectivity index is 1.83. The van der Waals surface area contributed by atoms with Gasteiger partial charge in [-0.3, -0.25) is 4.79 Å². The highest BCUT2D eigenvalue weighted by Gasteiger charge is 2.21. The van der Waals surface area contributed by atoms with Crippen molar-refractivity contribution in [2.45, 2.75) is 0 Å². The number of carbonyl (C=O) groups excluding carboxylic acids is 1. The van der Waals surface area contributed by atoms with Gasteiger partial charge in [-0.05, 0) is 24.3 Å². The molecule has 1 saturated heterocycles. The molecule has 0 radical (unpaired) electrons. The first-order chi connectivity index (χ1) is 13.0. The summed E-state index contributed by atoms with van der Waals surface area (Å²) < 4.78 is 10.9. The van der Waals surface area contributed by atoms with Crippen LogP contribution in [0.15, 0.2) is 40.3 Å². The van der Waals surface area contributed by atoms with E-state index in [2.05, 4.69) is 0 Å². The van der Waals surface area contributed by atoms with E-state index in [4.69, 9.17) is 25.9 Å². The number of furan rings is 1. The topological polar surface area (TPSA) is 104 Å². The number of hydrogen-bond donors (Lipinski definition) is 1. The number of nitrogens with zero attached hydrogens (tertiary/aromatic N) is 2.